The number of carbonyl (C=O) groups is 1. The third kappa shape index (κ3) is 3.98. The topological polar surface area (TPSA) is 64.4 Å². The van der Waals surface area contributed by atoms with E-state index in [-0.39, 0.29) is 24.4 Å². The number of benzene rings is 1. The molecule has 0 bridgehead atoms. The van der Waals surface area contributed by atoms with Crippen molar-refractivity contribution in [1.82, 2.24) is 5.32 Å². The van der Waals surface area contributed by atoms with E-state index in [0.29, 0.717) is 6.61 Å². The molecule has 2 rings (SSSR count). The van der Waals surface area contributed by atoms with Gasteiger partial charge in [-0.3, -0.25) is 4.79 Å². The van der Waals surface area contributed by atoms with E-state index in [1.807, 2.05) is 30.3 Å². The van der Waals surface area contributed by atoms with Crippen molar-refractivity contribution in [2.24, 2.45) is 5.73 Å². The average molecular weight is 271 g/mol. The Kier molecular flexibility index (Phi) is 6.12. The average Bonchev–Trinajstić information content (AvgIpc) is 2.90. The fourth-order valence-corrected chi connectivity index (χ4v) is 2.01. The van der Waals surface area contributed by atoms with Crippen molar-refractivity contribution in [3.63, 3.8) is 0 Å². The first-order valence-corrected chi connectivity index (χ1v) is 5.97. The van der Waals surface area contributed by atoms with Gasteiger partial charge >= 0.3 is 5.97 Å². The molecule has 18 heavy (non-hydrogen) atoms. The summed E-state index contributed by atoms with van der Waals surface area (Å²) in [6, 6.07) is 9.13. The van der Waals surface area contributed by atoms with Crippen LogP contribution in [-0.2, 0) is 16.1 Å². The van der Waals surface area contributed by atoms with E-state index >= 15 is 0 Å². The van der Waals surface area contributed by atoms with Gasteiger partial charge in [0.25, 0.3) is 0 Å². The molecule has 1 aromatic rings. The minimum absolute atomic E-state index is 0. The highest BCUT2D eigenvalue weighted by atomic mass is 35.5. The minimum atomic E-state index is -0.554. The first kappa shape index (κ1) is 15.0. The van der Waals surface area contributed by atoms with Crippen molar-refractivity contribution in [2.45, 2.75) is 31.5 Å². The Hall–Kier alpha value is -1.10. The van der Waals surface area contributed by atoms with E-state index in [1.54, 1.807) is 0 Å². The van der Waals surface area contributed by atoms with E-state index in [0.717, 1.165) is 24.9 Å². The number of carbonyl (C=O) groups excluding carboxylic acids is 1. The lowest BCUT2D eigenvalue weighted by Gasteiger charge is -2.17. The van der Waals surface area contributed by atoms with Gasteiger partial charge in [-0.1, -0.05) is 30.3 Å². The summed E-state index contributed by atoms with van der Waals surface area (Å²) < 4.78 is 5.20. The largest absolute Gasteiger partial charge is 0.460 e. The summed E-state index contributed by atoms with van der Waals surface area (Å²) in [5, 5.41) is 3.21. The molecule has 0 aliphatic carbocycles. The Morgan fingerprint density at radius 1 is 1.44 bits per heavy atom. The number of nitrogens with two attached hydrogens (primary N) is 1. The van der Waals surface area contributed by atoms with E-state index in [9.17, 15) is 4.79 Å². The van der Waals surface area contributed by atoms with Gasteiger partial charge in [-0.15, -0.1) is 12.4 Å². The molecule has 1 heterocycles. The van der Waals surface area contributed by atoms with Crippen molar-refractivity contribution >= 4 is 18.4 Å². The second-order valence-corrected chi connectivity index (χ2v) is 4.32. The van der Waals surface area contributed by atoms with Gasteiger partial charge in [0.2, 0.25) is 0 Å². The zero-order valence-corrected chi connectivity index (χ0v) is 11.0. The second kappa shape index (κ2) is 7.36. The molecule has 0 spiro atoms. The first-order chi connectivity index (χ1) is 8.27. The summed E-state index contributed by atoms with van der Waals surface area (Å²) in [4.78, 5) is 11.7. The van der Waals surface area contributed by atoms with Crippen LogP contribution in [0.2, 0.25) is 0 Å². The Bertz CT molecular complexity index is 367. The molecule has 1 fully saturated rings. The van der Waals surface area contributed by atoms with Gasteiger partial charge in [0, 0.05) is 6.04 Å². The molecular formula is C13H19ClN2O2. The van der Waals surface area contributed by atoms with Crippen LogP contribution < -0.4 is 11.1 Å². The zero-order valence-electron chi connectivity index (χ0n) is 10.2. The first-order valence-electron chi connectivity index (χ1n) is 5.97. The standard InChI is InChI=1S/C13H18N2O2.ClH/c14-12(11-7-4-8-15-11)13(16)17-9-10-5-2-1-3-6-10;/h1-3,5-6,11-12,15H,4,7-9,14H2;1H. The van der Waals surface area contributed by atoms with Crippen molar-refractivity contribution in [2.75, 3.05) is 6.54 Å². The molecule has 5 heteroatoms. The number of hydrogen-bond acceptors (Lipinski definition) is 4. The zero-order chi connectivity index (χ0) is 12.1. The van der Waals surface area contributed by atoms with E-state index in [4.69, 9.17) is 10.5 Å². The molecule has 0 amide bonds. The molecule has 3 N–H and O–H groups in total. The minimum Gasteiger partial charge on any atom is -0.460 e. The van der Waals surface area contributed by atoms with Crippen molar-refractivity contribution in [3.05, 3.63) is 35.9 Å². The number of rotatable bonds is 4. The van der Waals surface area contributed by atoms with Crippen LogP contribution in [0.4, 0.5) is 0 Å². The van der Waals surface area contributed by atoms with Crippen LogP contribution in [0.3, 0.4) is 0 Å². The molecule has 1 aromatic carbocycles. The van der Waals surface area contributed by atoms with Gasteiger partial charge in [-0.05, 0) is 24.9 Å². The summed E-state index contributed by atoms with van der Waals surface area (Å²) in [5.74, 6) is -0.326. The second-order valence-electron chi connectivity index (χ2n) is 4.32. The molecule has 1 aliphatic rings. The number of halogens is 1. The molecular weight excluding hydrogens is 252 g/mol. The van der Waals surface area contributed by atoms with Crippen LogP contribution >= 0.6 is 12.4 Å². The number of ether oxygens (including phenoxy) is 1. The molecule has 1 saturated heterocycles. The van der Waals surface area contributed by atoms with Crippen LogP contribution in [-0.4, -0.2) is 24.6 Å². The Balaban J connectivity index is 0.00000162. The van der Waals surface area contributed by atoms with Crippen LogP contribution in [0.5, 0.6) is 0 Å². The summed E-state index contributed by atoms with van der Waals surface area (Å²) in [6.07, 6.45) is 2.02. The molecule has 1 aliphatic heterocycles. The molecule has 0 radical (unpaired) electrons. The SMILES string of the molecule is Cl.NC(C(=O)OCc1ccccc1)C1CCCN1. The third-order valence-corrected chi connectivity index (χ3v) is 3.03. The van der Waals surface area contributed by atoms with E-state index in [2.05, 4.69) is 5.32 Å². The lowest BCUT2D eigenvalue weighted by atomic mass is 10.1. The Morgan fingerprint density at radius 2 is 2.17 bits per heavy atom. The quantitative estimate of drug-likeness (QED) is 0.808. The number of esters is 1. The molecule has 4 nitrogen and oxygen atoms in total. The highest BCUT2D eigenvalue weighted by molar-refractivity contribution is 5.85. The van der Waals surface area contributed by atoms with Gasteiger partial charge in [-0.25, -0.2) is 0 Å². The highest BCUT2D eigenvalue weighted by Gasteiger charge is 2.28. The van der Waals surface area contributed by atoms with Gasteiger partial charge < -0.3 is 15.8 Å². The fourth-order valence-electron chi connectivity index (χ4n) is 2.01. The normalized spacial score (nSPS) is 19.9. The maximum absolute atomic E-state index is 11.7. The maximum atomic E-state index is 11.7. The van der Waals surface area contributed by atoms with Gasteiger partial charge in [0.1, 0.15) is 12.6 Å². The van der Waals surface area contributed by atoms with Crippen molar-refractivity contribution in [3.8, 4) is 0 Å². The molecule has 0 aromatic heterocycles. The van der Waals surface area contributed by atoms with Crippen LogP contribution in [0, 0.1) is 0 Å². The molecule has 100 valence electrons. The molecule has 0 saturated carbocycles. The van der Waals surface area contributed by atoms with Crippen LogP contribution in [0.25, 0.3) is 0 Å². The Labute approximate surface area is 113 Å². The molecule has 2 atom stereocenters. The summed E-state index contributed by atoms with van der Waals surface area (Å²) in [7, 11) is 0. The predicted molar refractivity (Wildman–Crippen MR) is 72.5 cm³/mol. The number of nitrogens with one attached hydrogen (secondary N) is 1. The van der Waals surface area contributed by atoms with Crippen molar-refractivity contribution < 1.29 is 9.53 Å². The van der Waals surface area contributed by atoms with Gasteiger partial charge in [0.05, 0.1) is 0 Å². The lowest BCUT2D eigenvalue weighted by Crippen LogP contribution is -2.47. The summed E-state index contributed by atoms with van der Waals surface area (Å²) >= 11 is 0. The summed E-state index contributed by atoms with van der Waals surface area (Å²) in [6.45, 7) is 1.23. The van der Waals surface area contributed by atoms with Crippen LogP contribution in [0.1, 0.15) is 18.4 Å². The summed E-state index contributed by atoms with van der Waals surface area (Å²) in [5.41, 5.74) is 6.83. The van der Waals surface area contributed by atoms with Crippen molar-refractivity contribution in [1.29, 1.82) is 0 Å². The monoisotopic (exact) mass is 270 g/mol. The Morgan fingerprint density at radius 3 is 2.78 bits per heavy atom. The third-order valence-electron chi connectivity index (χ3n) is 3.03. The maximum Gasteiger partial charge on any atom is 0.324 e. The number of hydrogen-bond donors (Lipinski definition) is 2. The van der Waals surface area contributed by atoms with E-state index in [1.165, 1.54) is 0 Å². The highest BCUT2D eigenvalue weighted by Crippen LogP contribution is 2.10. The van der Waals surface area contributed by atoms with Gasteiger partial charge in [0.15, 0.2) is 0 Å². The smallest absolute Gasteiger partial charge is 0.324 e. The molecule has 2 unspecified atom stereocenters. The predicted octanol–water partition coefficient (Wildman–Crippen LogP) is 1.23. The fraction of sp³-hybridized carbons (Fsp3) is 0.462. The lowest BCUT2D eigenvalue weighted by molar-refractivity contribution is -0.147. The van der Waals surface area contributed by atoms with Gasteiger partial charge in [-0.2, -0.15) is 0 Å². The van der Waals surface area contributed by atoms with Crippen LogP contribution in [0.15, 0.2) is 30.3 Å². The van der Waals surface area contributed by atoms with E-state index < -0.39 is 6.04 Å².